The maximum absolute atomic E-state index is 12.7. The van der Waals surface area contributed by atoms with E-state index in [2.05, 4.69) is 22.9 Å². The Morgan fingerprint density at radius 2 is 1.89 bits per heavy atom. The predicted molar refractivity (Wildman–Crippen MR) is 79.0 cm³/mol. The third kappa shape index (κ3) is 2.71. The molecule has 2 aliphatic rings. The van der Waals surface area contributed by atoms with E-state index in [-0.39, 0.29) is 6.04 Å². The summed E-state index contributed by atoms with van der Waals surface area (Å²) in [6.45, 7) is 4.16. The van der Waals surface area contributed by atoms with Crippen LogP contribution in [0.25, 0.3) is 0 Å². The van der Waals surface area contributed by atoms with E-state index in [1.54, 1.807) is 0 Å². The molecule has 0 aliphatic carbocycles. The van der Waals surface area contributed by atoms with Gasteiger partial charge >= 0.3 is 0 Å². The third-order valence-electron chi connectivity index (χ3n) is 4.08. The average molecular weight is 276 g/mol. The van der Waals surface area contributed by atoms with Crippen molar-refractivity contribution in [3.05, 3.63) is 29.8 Å². The first-order chi connectivity index (χ1) is 9.25. The molecule has 0 radical (unpaired) electrons. The Hall–Kier alpha value is -0.840. The molecule has 0 N–H and O–H groups in total. The van der Waals surface area contributed by atoms with Gasteiger partial charge in [-0.3, -0.25) is 9.69 Å². The van der Waals surface area contributed by atoms with Crippen molar-refractivity contribution < 1.29 is 4.79 Å². The van der Waals surface area contributed by atoms with Crippen LogP contribution in [0.5, 0.6) is 0 Å². The smallest absolute Gasteiger partial charge is 0.181 e. The second kappa shape index (κ2) is 5.65. The molecule has 1 aromatic rings. The molecule has 1 unspecified atom stereocenters. The highest BCUT2D eigenvalue weighted by molar-refractivity contribution is 7.99. The van der Waals surface area contributed by atoms with Crippen molar-refractivity contribution in [1.82, 2.24) is 9.80 Å². The monoisotopic (exact) mass is 276 g/mol. The van der Waals surface area contributed by atoms with E-state index in [9.17, 15) is 4.79 Å². The number of carbonyl (C=O) groups excluding carboxylic acids is 1. The minimum absolute atomic E-state index is 0.0878. The summed E-state index contributed by atoms with van der Waals surface area (Å²) in [6, 6.07) is 8.15. The van der Waals surface area contributed by atoms with Gasteiger partial charge in [-0.05, 0) is 25.3 Å². The van der Waals surface area contributed by atoms with E-state index in [0.29, 0.717) is 5.78 Å². The van der Waals surface area contributed by atoms with E-state index in [1.165, 1.54) is 0 Å². The standard InChI is InChI=1S/C15H20N2OS/c1-16-7-9-17(10-8-16)13-6-11-19-14-5-3-2-4-12(14)15(13)18/h2-5,13H,6-11H2,1H3. The molecule has 0 amide bonds. The van der Waals surface area contributed by atoms with Gasteiger partial charge in [0.25, 0.3) is 0 Å². The summed E-state index contributed by atoms with van der Waals surface area (Å²) in [5, 5.41) is 0. The Morgan fingerprint density at radius 3 is 2.68 bits per heavy atom. The maximum atomic E-state index is 12.7. The lowest BCUT2D eigenvalue weighted by Crippen LogP contribution is -2.51. The van der Waals surface area contributed by atoms with E-state index >= 15 is 0 Å². The van der Waals surface area contributed by atoms with Crippen molar-refractivity contribution in [3.8, 4) is 0 Å². The van der Waals surface area contributed by atoms with Crippen molar-refractivity contribution in [3.63, 3.8) is 0 Å². The first-order valence-electron chi connectivity index (χ1n) is 6.94. The number of hydrogen-bond donors (Lipinski definition) is 0. The van der Waals surface area contributed by atoms with Gasteiger partial charge in [-0.2, -0.15) is 0 Å². The molecule has 1 aromatic carbocycles. The largest absolute Gasteiger partial charge is 0.304 e. The normalized spacial score (nSPS) is 25.9. The van der Waals surface area contributed by atoms with E-state index in [4.69, 9.17) is 0 Å². The highest BCUT2D eigenvalue weighted by Gasteiger charge is 2.31. The van der Waals surface area contributed by atoms with Crippen molar-refractivity contribution >= 4 is 17.5 Å². The van der Waals surface area contributed by atoms with Crippen LogP contribution < -0.4 is 0 Å². The SMILES string of the molecule is CN1CCN(C2CCSc3ccccc3C2=O)CC1. The molecular formula is C15H20N2OS. The Bertz CT molecular complexity index is 469. The Kier molecular flexibility index (Phi) is 3.91. The number of ketones is 1. The van der Waals surface area contributed by atoms with Gasteiger partial charge < -0.3 is 4.90 Å². The molecule has 0 bridgehead atoms. The van der Waals surface area contributed by atoms with Gasteiger partial charge in [-0.15, -0.1) is 11.8 Å². The Labute approximate surface area is 119 Å². The minimum Gasteiger partial charge on any atom is -0.304 e. The number of likely N-dealkylation sites (N-methyl/N-ethyl adjacent to an activating group) is 1. The number of piperazine rings is 1. The number of thioether (sulfide) groups is 1. The minimum atomic E-state index is 0.0878. The second-order valence-electron chi connectivity index (χ2n) is 5.35. The van der Waals surface area contributed by atoms with Gasteiger partial charge in [0.2, 0.25) is 0 Å². The van der Waals surface area contributed by atoms with Gasteiger partial charge in [0.05, 0.1) is 6.04 Å². The van der Waals surface area contributed by atoms with Crippen LogP contribution in [0.4, 0.5) is 0 Å². The second-order valence-corrected chi connectivity index (χ2v) is 6.49. The molecule has 4 heteroatoms. The number of hydrogen-bond acceptors (Lipinski definition) is 4. The molecule has 1 fully saturated rings. The molecule has 3 rings (SSSR count). The average Bonchev–Trinajstić information content (AvgIpc) is 2.60. The molecule has 2 heterocycles. The lowest BCUT2D eigenvalue weighted by molar-refractivity contribution is 0.0699. The van der Waals surface area contributed by atoms with Crippen LogP contribution >= 0.6 is 11.8 Å². The summed E-state index contributed by atoms with van der Waals surface area (Å²) in [6.07, 6.45) is 0.974. The zero-order chi connectivity index (χ0) is 13.2. The van der Waals surface area contributed by atoms with Crippen molar-refractivity contribution in [2.45, 2.75) is 17.4 Å². The number of benzene rings is 1. The number of nitrogens with zero attached hydrogens (tertiary/aromatic N) is 2. The summed E-state index contributed by atoms with van der Waals surface area (Å²) in [4.78, 5) is 18.6. The summed E-state index contributed by atoms with van der Waals surface area (Å²) in [7, 11) is 2.15. The topological polar surface area (TPSA) is 23.6 Å². The molecule has 0 saturated carbocycles. The highest BCUT2D eigenvalue weighted by atomic mass is 32.2. The zero-order valence-corrected chi connectivity index (χ0v) is 12.2. The summed E-state index contributed by atoms with van der Waals surface area (Å²) < 4.78 is 0. The van der Waals surface area contributed by atoms with Gasteiger partial charge in [-0.1, -0.05) is 18.2 Å². The summed E-state index contributed by atoms with van der Waals surface area (Å²) in [5.41, 5.74) is 0.925. The van der Waals surface area contributed by atoms with Gasteiger partial charge in [0.15, 0.2) is 5.78 Å². The third-order valence-corrected chi connectivity index (χ3v) is 5.19. The van der Waals surface area contributed by atoms with Crippen molar-refractivity contribution in [2.24, 2.45) is 0 Å². The highest BCUT2D eigenvalue weighted by Crippen LogP contribution is 2.30. The number of rotatable bonds is 1. The Morgan fingerprint density at radius 1 is 1.16 bits per heavy atom. The fourth-order valence-electron chi connectivity index (χ4n) is 2.87. The van der Waals surface area contributed by atoms with Crippen LogP contribution in [-0.2, 0) is 0 Å². The number of carbonyl (C=O) groups is 1. The molecule has 1 atom stereocenters. The van der Waals surface area contributed by atoms with Crippen LogP contribution in [0.2, 0.25) is 0 Å². The van der Waals surface area contributed by atoms with E-state index in [1.807, 2.05) is 30.0 Å². The van der Waals surface area contributed by atoms with Crippen molar-refractivity contribution in [1.29, 1.82) is 0 Å². The molecule has 2 aliphatic heterocycles. The van der Waals surface area contributed by atoms with Gasteiger partial charge in [0, 0.05) is 36.6 Å². The molecule has 0 spiro atoms. The van der Waals surface area contributed by atoms with Gasteiger partial charge in [-0.25, -0.2) is 0 Å². The number of Topliss-reactive ketones (excluding diaryl/α,β-unsaturated/α-hetero) is 1. The fraction of sp³-hybridized carbons (Fsp3) is 0.533. The molecular weight excluding hydrogens is 256 g/mol. The summed E-state index contributed by atoms with van der Waals surface area (Å²) >= 11 is 1.82. The van der Waals surface area contributed by atoms with Gasteiger partial charge in [0.1, 0.15) is 0 Å². The van der Waals surface area contributed by atoms with E-state index < -0.39 is 0 Å². The first-order valence-corrected chi connectivity index (χ1v) is 7.93. The number of fused-ring (bicyclic) bond motifs is 1. The fourth-order valence-corrected chi connectivity index (χ4v) is 3.93. The van der Waals surface area contributed by atoms with Crippen LogP contribution in [0.1, 0.15) is 16.8 Å². The van der Waals surface area contributed by atoms with Crippen LogP contribution in [-0.4, -0.2) is 60.6 Å². The maximum Gasteiger partial charge on any atom is 0.181 e. The molecule has 102 valence electrons. The quantitative estimate of drug-likeness (QED) is 0.782. The Balaban J connectivity index is 1.82. The van der Waals surface area contributed by atoms with Crippen LogP contribution in [0.15, 0.2) is 29.2 Å². The van der Waals surface area contributed by atoms with E-state index in [0.717, 1.165) is 48.8 Å². The zero-order valence-electron chi connectivity index (χ0n) is 11.3. The lowest BCUT2D eigenvalue weighted by Gasteiger charge is -2.36. The molecule has 3 nitrogen and oxygen atoms in total. The van der Waals surface area contributed by atoms with Crippen molar-refractivity contribution in [2.75, 3.05) is 39.0 Å². The van der Waals surface area contributed by atoms with Crippen LogP contribution in [0.3, 0.4) is 0 Å². The molecule has 0 aromatic heterocycles. The predicted octanol–water partition coefficient (Wildman–Crippen LogP) is 1.98. The molecule has 19 heavy (non-hydrogen) atoms. The summed E-state index contributed by atoms with van der Waals surface area (Å²) in [5.74, 6) is 1.37. The molecule has 1 saturated heterocycles. The van der Waals surface area contributed by atoms with Crippen LogP contribution in [0, 0.1) is 0 Å². The first kappa shape index (κ1) is 13.2. The lowest BCUT2D eigenvalue weighted by atomic mass is 10.00.